The van der Waals surface area contributed by atoms with E-state index in [0.717, 1.165) is 5.56 Å². The van der Waals surface area contributed by atoms with Crippen molar-refractivity contribution in [3.05, 3.63) is 53.6 Å². The number of hydrogen-bond acceptors (Lipinski definition) is 5. The van der Waals surface area contributed by atoms with E-state index < -0.39 is 0 Å². The quantitative estimate of drug-likeness (QED) is 0.701. The molecule has 2 N–H and O–H groups in total. The number of benzene rings is 2. The van der Waals surface area contributed by atoms with Crippen LogP contribution in [0.2, 0.25) is 0 Å². The Balaban J connectivity index is 1.83. The molecule has 0 aromatic heterocycles. The molecule has 0 bridgehead atoms. The molecule has 7 heteroatoms. The lowest BCUT2D eigenvalue weighted by atomic mass is 10.1. The van der Waals surface area contributed by atoms with Crippen LogP contribution < -0.4 is 24.8 Å². The number of ether oxygens (including phenoxy) is 3. The normalized spacial score (nSPS) is 10.0. The van der Waals surface area contributed by atoms with Gasteiger partial charge in [-0.1, -0.05) is 18.2 Å². The van der Waals surface area contributed by atoms with Gasteiger partial charge in [0.15, 0.2) is 18.1 Å². The highest BCUT2D eigenvalue weighted by atomic mass is 16.5. The first-order chi connectivity index (χ1) is 13.1. The largest absolute Gasteiger partial charge is 0.493 e. The number of para-hydroxylation sites is 1. The van der Waals surface area contributed by atoms with Crippen LogP contribution in [0.3, 0.4) is 0 Å². The number of hydrogen-bond donors (Lipinski definition) is 2. The van der Waals surface area contributed by atoms with Crippen LogP contribution in [0.1, 0.15) is 15.9 Å². The zero-order valence-corrected chi connectivity index (χ0v) is 15.7. The van der Waals surface area contributed by atoms with E-state index in [2.05, 4.69) is 10.6 Å². The lowest BCUT2D eigenvalue weighted by molar-refractivity contribution is -0.123. The summed E-state index contributed by atoms with van der Waals surface area (Å²) in [6, 6.07) is 12.4. The maximum Gasteiger partial charge on any atom is 0.257 e. The van der Waals surface area contributed by atoms with Gasteiger partial charge in [0.05, 0.1) is 19.8 Å². The Morgan fingerprint density at radius 1 is 0.963 bits per heavy atom. The van der Waals surface area contributed by atoms with Gasteiger partial charge in [-0.2, -0.15) is 0 Å². The van der Waals surface area contributed by atoms with Crippen molar-refractivity contribution >= 4 is 11.8 Å². The summed E-state index contributed by atoms with van der Waals surface area (Å²) < 4.78 is 16.0. The number of carbonyl (C=O) groups excluding carboxylic acids is 2. The van der Waals surface area contributed by atoms with Crippen molar-refractivity contribution in [2.45, 2.75) is 6.42 Å². The van der Waals surface area contributed by atoms with Gasteiger partial charge in [0.1, 0.15) is 5.75 Å². The summed E-state index contributed by atoms with van der Waals surface area (Å²) in [5.74, 6) is 1.15. The summed E-state index contributed by atoms with van der Waals surface area (Å²) in [6.07, 6.45) is 0.640. The third kappa shape index (κ3) is 5.64. The van der Waals surface area contributed by atoms with Crippen molar-refractivity contribution in [2.24, 2.45) is 0 Å². The number of methoxy groups -OCH3 is 2. The molecule has 0 aliphatic heterocycles. The van der Waals surface area contributed by atoms with E-state index >= 15 is 0 Å². The van der Waals surface area contributed by atoms with E-state index in [1.807, 2.05) is 18.2 Å². The summed E-state index contributed by atoms with van der Waals surface area (Å²) in [7, 11) is 4.71. The Labute approximate surface area is 158 Å². The molecule has 0 radical (unpaired) electrons. The topological polar surface area (TPSA) is 85.9 Å². The second-order valence-corrected chi connectivity index (χ2v) is 5.65. The first kappa shape index (κ1) is 20.1. The highest BCUT2D eigenvalue weighted by molar-refractivity contribution is 5.96. The van der Waals surface area contributed by atoms with Gasteiger partial charge in [0.25, 0.3) is 11.8 Å². The van der Waals surface area contributed by atoms with E-state index in [1.165, 1.54) is 0 Å². The van der Waals surface area contributed by atoms with Crippen LogP contribution in [0.25, 0.3) is 0 Å². The molecular weight excluding hydrogens is 348 g/mol. The number of amides is 2. The molecule has 0 atom stereocenters. The van der Waals surface area contributed by atoms with Crippen molar-refractivity contribution < 1.29 is 23.8 Å². The Bertz CT molecular complexity index is 792. The van der Waals surface area contributed by atoms with Crippen molar-refractivity contribution in [2.75, 3.05) is 34.4 Å². The monoisotopic (exact) mass is 372 g/mol. The zero-order chi connectivity index (χ0) is 19.6. The summed E-state index contributed by atoms with van der Waals surface area (Å²) >= 11 is 0. The van der Waals surface area contributed by atoms with Crippen molar-refractivity contribution in [1.29, 1.82) is 0 Å². The second-order valence-electron chi connectivity index (χ2n) is 5.65. The van der Waals surface area contributed by atoms with Crippen LogP contribution in [0.4, 0.5) is 0 Å². The van der Waals surface area contributed by atoms with Crippen molar-refractivity contribution in [1.82, 2.24) is 10.6 Å². The van der Waals surface area contributed by atoms with Crippen LogP contribution in [0, 0.1) is 0 Å². The van der Waals surface area contributed by atoms with Gasteiger partial charge in [-0.05, 0) is 36.2 Å². The molecule has 0 unspecified atom stereocenters. The molecule has 0 aliphatic rings. The van der Waals surface area contributed by atoms with E-state index in [4.69, 9.17) is 14.2 Å². The third-order valence-corrected chi connectivity index (χ3v) is 3.90. The molecule has 0 heterocycles. The first-order valence-corrected chi connectivity index (χ1v) is 8.50. The van der Waals surface area contributed by atoms with E-state index in [-0.39, 0.29) is 18.4 Å². The summed E-state index contributed by atoms with van der Waals surface area (Å²) in [5.41, 5.74) is 1.40. The van der Waals surface area contributed by atoms with Gasteiger partial charge < -0.3 is 24.8 Å². The van der Waals surface area contributed by atoms with Crippen molar-refractivity contribution in [3.8, 4) is 17.2 Å². The molecule has 7 nitrogen and oxygen atoms in total. The smallest absolute Gasteiger partial charge is 0.257 e. The van der Waals surface area contributed by atoms with E-state index in [9.17, 15) is 9.59 Å². The Morgan fingerprint density at radius 2 is 1.70 bits per heavy atom. The van der Waals surface area contributed by atoms with E-state index in [1.54, 1.807) is 45.5 Å². The van der Waals surface area contributed by atoms with Crippen LogP contribution in [0.5, 0.6) is 17.2 Å². The Hall–Kier alpha value is -3.22. The average Bonchev–Trinajstić information content (AvgIpc) is 2.71. The fourth-order valence-corrected chi connectivity index (χ4v) is 2.49. The second kappa shape index (κ2) is 10.1. The lowest BCUT2D eigenvalue weighted by Crippen LogP contribution is -2.31. The minimum atomic E-state index is -0.264. The van der Waals surface area contributed by atoms with Gasteiger partial charge in [-0.15, -0.1) is 0 Å². The van der Waals surface area contributed by atoms with Gasteiger partial charge >= 0.3 is 0 Å². The minimum absolute atomic E-state index is 0.167. The maximum absolute atomic E-state index is 12.0. The lowest BCUT2D eigenvalue weighted by Gasteiger charge is -2.11. The highest BCUT2D eigenvalue weighted by Crippen LogP contribution is 2.27. The predicted octanol–water partition coefficient (Wildman–Crippen LogP) is 1.80. The first-order valence-electron chi connectivity index (χ1n) is 8.50. The maximum atomic E-state index is 12.0. The molecule has 0 saturated carbocycles. The highest BCUT2D eigenvalue weighted by Gasteiger charge is 2.12. The van der Waals surface area contributed by atoms with Gasteiger partial charge in [-0.25, -0.2) is 0 Å². The summed E-state index contributed by atoms with van der Waals surface area (Å²) in [6.45, 7) is 0.286. The molecule has 0 aliphatic carbocycles. The molecular formula is C20H24N2O5. The fraction of sp³-hybridized carbons (Fsp3) is 0.300. The predicted molar refractivity (Wildman–Crippen MR) is 102 cm³/mol. The van der Waals surface area contributed by atoms with Crippen LogP contribution >= 0.6 is 0 Å². The molecule has 2 aromatic carbocycles. The molecule has 2 aromatic rings. The summed E-state index contributed by atoms with van der Waals surface area (Å²) in [4.78, 5) is 23.8. The van der Waals surface area contributed by atoms with Crippen LogP contribution in [-0.4, -0.2) is 46.2 Å². The number of carbonyl (C=O) groups is 2. The number of nitrogens with one attached hydrogen (secondary N) is 2. The van der Waals surface area contributed by atoms with E-state index in [0.29, 0.717) is 35.8 Å². The molecule has 0 spiro atoms. The average molecular weight is 372 g/mol. The van der Waals surface area contributed by atoms with Gasteiger partial charge in [0, 0.05) is 13.6 Å². The molecule has 144 valence electrons. The van der Waals surface area contributed by atoms with Gasteiger partial charge in [0.2, 0.25) is 0 Å². The van der Waals surface area contributed by atoms with Crippen LogP contribution in [-0.2, 0) is 11.2 Å². The zero-order valence-electron chi connectivity index (χ0n) is 15.7. The molecule has 2 amide bonds. The van der Waals surface area contributed by atoms with Crippen LogP contribution in [0.15, 0.2) is 42.5 Å². The molecule has 27 heavy (non-hydrogen) atoms. The number of rotatable bonds is 9. The third-order valence-electron chi connectivity index (χ3n) is 3.90. The Morgan fingerprint density at radius 3 is 2.41 bits per heavy atom. The van der Waals surface area contributed by atoms with Gasteiger partial charge in [-0.3, -0.25) is 9.59 Å². The molecule has 0 fully saturated rings. The fourth-order valence-electron chi connectivity index (χ4n) is 2.49. The summed E-state index contributed by atoms with van der Waals surface area (Å²) in [5, 5.41) is 5.33. The van der Waals surface area contributed by atoms with Crippen molar-refractivity contribution in [3.63, 3.8) is 0 Å². The molecule has 0 saturated heterocycles. The Kier molecular flexibility index (Phi) is 7.49. The SMILES string of the molecule is CNC(=O)c1ccccc1OCC(=O)NCCc1ccc(OC)c(OC)c1. The molecule has 2 rings (SSSR count). The standard InChI is InChI=1S/C20H24N2O5/c1-21-20(24)15-6-4-5-7-16(15)27-13-19(23)22-11-10-14-8-9-17(25-2)18(12-14)26-3/h4-9,12H,10-11,13H2,1-3H3,(H,21,24)(H,22,23). The minimum Gasteiger partial charge on any atom is -0.493 e.